The zero-order valence-corrected chi connectivity index (χ0v) is 18.4. The van der Waals surface area contributed by atoms with E-state index in [4.69, 9.17) is 0 Å². The maximum absolute atomic E-state index is 2.83. The molecule has 2 aliphatic rings. The summed E-state index contributed by atoms with van der Waals surface area (Å²) in [5.74, 6) is 0. The molecule has 0 spiro atoms. The molecule has 2 rings (SSSR count). The second-order valence-corrected chi connectivity index (χ2v) is 47.6. The van der Waals surface area contributed by atoms with Crippen molar-refractivity contribution in [2.75, 3.05) is 0 Å². The summed E-state index contributed by atoms with van der Waals surface area (Å²) in [5.41, 5.74) is 3.10. The molecule has 102 valence electrons. The maximum Gasteiger partial charge on any atom is -0.147 e. The van der Waals surface area contributed by atoms with E-state index in [0.717, 1.165) is 0 Å². The van der Waals surface area contributed by atoms with E-state index in [0.29, 0.717) is 0 Å². The Balaban J connectivity index is 0.00000144. The van der Waals surface area contributed by atoms with Crippen molar-refractivity contribution in [2.45, 2.75) is 36.0 Å². The summed E-state index contributed by atoms with van der Waals surface area (Å²) in [6.45, 7) is 6.90. The molecule has 0 radical (unpaired) electrons. The fraction of sp³-hybridized carbons (Fsp3) is 0.429. The third-order valence-corrected chi connectivity index (χ3v) is 29.1. The van der Waals surface area contributed by atoms with Crippen LogP contribution in [0.1, 0.15) is 26.7 Å². The van der Waals surface area contributed by atoms with Gasteiger partial charge in [-0.1, -0.05) is 0 Å². The average Bonchev–Trinajstić information content (AvgIpc) is 2.76. The average molecular weight is 470 g/mol. The maximum atomic E-state index is 2.60. The van der Waals surface area contributed by atoms with Gasteiger partial charge in [-0.2, -0.15) is 0 Å². The van der Waals surface area contributed by atoms with Gasteiger partial charge in [-0.15, -0.1) is 24.8 Å². The van der Waals surface area contributed by atoms with Gasteiger partial charge in [-0.3, -0.25) is 0 Å². The second-order valence-electron chi connectivity index (χ2n) is 6.32. The molecule has 0 aliphatic heterocycles. The van der Waals surface area contributed by atoms with Crippen LogP contribution in [0.25, 0.3) is 0 Å². The van der Waals surface area contributed by atoms with Crippen LogP contribution in [0, 0.1) is 0 Å². The Morgan fingerprint density at radius 2 is 1.72 bits per heavy atom. The van der Waals surface area contributed by atoms with Gasteiger partial charge in [-0.25, -0.2) is 0 Å². The van der Waals surface area contributed by atoms with Gasteiger partial charge in [0.15, 0.2) is 0 Å². The summed E-state index contributed by atoms with van der Waals surface area (Å²) in [5, 5.41) is 0. The van der Waals surface area contributed by atoms with E-state index in [1.165, 1.54) is 18.4 Å². The Bertz CT molecular complexity index is 530. The zero-order chi connectivity index (χ0) is 12.0. The number of halogens is 2. The van der Waals surface area contributed by atoms with Crippen molar-refractivity contribution in [1.29, 1.82) is 0 Å². The molecular weight excluding hydrogens is 446 g/mol. The molecule has 0 aromatic carbocycles. The van der Waals surface area contributed by atoms with Crippen molar-refractivity contribution in [3.8, 4) is 0 Å². The first-order valence-electron chi connectivity index (χ1n) is 6.11. The standard InChI is InChI=1S/C7H9.C5H5.2CH3.2ClH.Hf.H2Si/c1-6-4-3-5-7(6)2;1-2-4-5-3-1;;;;;;/h4H,5H2,1-2H3;1-3H,4H2;2*1H3;2*1H;;1H2. The first-order chi connectivity index (χ1) is 7.30. The molecular formula is C14H24Cl2HfSi. The molecule has 0 fully saturated rings. The van der Waals surface area contributed by atoms with Crippen LogP contribution in [0.2, 0.25) is 9.36 Å². The molecule has 0 aromatic rings. The Hall–Kier alpha value is 0.627. The molecule has 0 nitrogen and oxygen atoms in total. The van der Waals surface area contributed by atoms with E-state index in [1.54, 1.807) is 12.2 Å². The fourth-order valence-corrected chi connectivity index (χ4v) is 18.6. The number of rotatable bonds is 2. The monoisotopic (exact) mass is 470 g/mol. The quantitative estimate of drug-likeness (QED) is 0.517. The first kappa shape index (κ1) is 18.6. The molecule has 0 bridgehead atoms. The largest absolute Gasteiger partial charge is 0.147 e. The summed E-state index contributed by atoms with van der Waals surface area (Å²) >= 11 is -2.83. The Morgan fingerprint density at radius 3 is 2.11 bits per heavy atom. The van der Waals surface area contributed by atoms with Crippen LogP contribution in [0.15, 0.2) is 42.1 Å². The van der Waals surface area contributed by atoms with Gasteiger partial charge in [0.05, 0.1) is 0 Å². The van der Waals surface area contributed by atoms with Crippen molar-refractivity contribution in [3.05, 3.63) is 42.1 Å². The van der Waals surface area contributed by atoms with Gasteiger partial charge in [0.25, 0.3) is 0 Å². The van der Waals surface area contributed by atoms with Crippen LogP contribution < -0.4 is 0 Å². The predicted octanol–water partition coefficient (Wildman–Crippen LogP) is 4.63. The zero-order valence-electron chi connectivity index (χ0n) is 11.7. The molecule has 4 heteroatoms. The molecule has 0 saturated heterocycles. The first-order valence-corrected chi connectivity index (χ1v) is 25.2. The topological polar surface area (TPSA) is 0 Å². The predicted molar refractivity (Wildman–Crippen MR) is 87.7 cm³/mol. The molecule has 0 amide bonds. The summed E-state index contributed by atoms with van der Waals surface area (Å²) in [6.07, 6.45) is 11.9. The molecule has 2 aliphatic carbocycles. The summed E-state index contributed by atoms with van der Waals surface area (Å²) < 4.78 is 8.77. The van der Waals surface area contributed by atoms with E-state index in [2.05, 4.69) is 54.5 Å². The molecule has 0 N–H and O–H groups in total. The van der Waals surface area contributed by atoms with Crippen molar-refractivity contribution < 1.29 is 17.1 Å². The smallest absolute Gasteiger partial charge is 0.147 e. The van der Waals surface area contributed by atoms with E-state index >= 15 is 0 Å². The Kier molecular flexibility index (Phi) is 6.15. The van der Waals surface area contributed by atoms with Gasteiger partial charge >= 0.3 is 102 Å². The van der Waals surface area contributed by atoms with Crippen LogP contribution in [-0.2, 0) is 17.1 Å². The van der Waals surface area contributed by atoms with Crippen molar-refractivity contribution in [1.82, 2.24) is 0 Å². The minimum Gasteiger partial charge on any atom is -0.147 e. The molecule has 0 aromatic heterocycles. The third kappa shape index (κ3) is 3.20. The molecule has 0 saturated carbocycles. The summed E-state index contributed by atoms with van der Waals surface area (Å²) in [4.78, 5) is 0. The minimum atomic E-state index is -2.83. The third-order valence-electron chi connectivity index (χ3n) is 4.35. The minimum absolute atomic E-state index is 0. The molecule has 0 atom stereocenters. The number of hydrogen-bond donors (Lipinski definition) is 0. The van der Waals surface area contributed by atoms with Crippen LogP contribution in [0.3, 0.4) is 0 Å². The molecule has 0 unspecified atom stereocenters. The van der Waals surface area contributed by atoms with Gasteiger partial charge in [0.1, 0.15) is 0 Å². The van der Waals surface area contributed by atoms with Crippen molar-refractivity contribution >= 4 is 31.8 Å². The van der Waals surface area contributed by atoms with E-state index in [9.17, 15) is 0 Å². The van der Waals surface area contributed by atoms with Gasteiger partial charge in [0.2, 0.25) is 0 Å². The van der Waals surface area contributed by atoms with Crippen molar-refractivity contribution in [2.24, 2.45) is 0 Å². The van der Waals surface area contributed by atoms with Gasteiger partial charge in [-0.05, 0) is 0 Å². The van der Waals surface area contributed by atoms with Crippen LogP contribution >= 0.6 is 24.8 Å². The number of hydrogen-bond acceptors (Lipinski definition) is 0. The summed E-state index contributed by atoms with van der Waals surface area (Å²) in [6, 6.07) is 0. The van der Waals surface area contributed by atoms with Gasteiger partial charge in [0, 0.05) is 0 Å². The Morgan fingerprint density at radius 1 is 1.11 bits per heavy atom. The van der Waals surface area contributed by atoms with Crippen LogP contribution in [0.5, 0.6) is 0 Å². The van der Waals surface area contributed by atoms with E-state index in [1.807, 2.05) is 0 Å². The van der Waals surface area contributed by atoms with E-state index < -0.39 is 17.1 Å². The number of allylic oxidation sites excluding steroid dienone is 8. The SMILES string of the molecule is CC1=C(C)C[C]([Hf]([CH3])([CH3])(=[SiH2])[C]2=CC=CC2)=C1.Cl.Cl. The van der Waals surface area contributed by atoms with Gasteiger partial charge < -0.3 is 0 Å². The fourth-order valence-electron chi connectivity index (χ4n) is 2.62. The molecule has 18 heavy (non-hydrogen) atoms. The van der Waals surface area contributed by atoms with Crippen LogP contribution in [0.4, 0.5) is 0 Å². The van der Waals surface area contributed by atoms with Crippen LogP contribution in [-0.4, -0.2) is 6.94 Å². The normalized spacial score (nSPS) is 19.2. The summed E-state index contributed by atoms with van der Waals surface area (Å²) in [7, 11) is 0. The molecule has 0 heterocycles. The van der Waals surface area contributed by atoms with E-state index in [-0.39, 0.29) is 24.8 Å². The Labute approximate surface area is 126 Å². The second kappa shape index (κ2) is 5.95. The van der Waals surface area contributed by atoms with Crippen molar-refractivity contribution in [3.63, 3.8) is 0 Å².